The van der Waals surface area contributed by atoms with Crippen molar-refractivity contribution in [3.63, 3.8) is 0 Å². The van der Waals surface area contributed by atoms with Crippen LogP contribution in [0.25, 0.3) is 0 Å². The van der Waals surface area contributed by atoms with Crippen LogP contribution >= 0.6 is 0 Å². The molecule has 1 N–H and O–H groups in total. The Bertz CT molecular complexity index is 796. The summed E-state index contributed by atoms with van der Waals surface area (Å²) in [6.45, 7) is 7.97. The van der Waals surface area contributed by atoms with Crippen LogP contribution in [0.3, 0.4) is 0 Å². The maximum atomic E-state index is 12.5. The van der Waals surface area contributed by atoms with Crippen LogP contribution in [0.1, 0.15) is 62.5 Å². The van der Waals surface area contributed by atoms with Crippen molar-refractivity contribution >= 4 is 5.91 Å². The second kappa shape index (κ2) is 10.9. The molecule has 0 bridgehead atoms. The zero-order valence-electron chi connectivity index (χ0n) is 20.7. The molecule has 0 aliphatic carbocycles. The van der Waals surface area contributed by atoms with Gasteiger partial charge in [-0.2, -0.15) is 0 Å². The second-order valence-corrected chi connectivity index (χ2v) is 11.1. The van der Waals surface area contributed by atoms with Crippen molar-refractivity contribution in [2.75, 3.05) is 46.3 Å². The minimum absolute atomic E-state index is 0.248. The van der Waals surface area contributed by atoms with Crippen LogP contribution in [-0.2, 0) is 17.8 Å². The molecule has 1 amide bonds. The Balaban J connectivity index is 0.999. The van der Waals surface area contributed by atoms with Crippen LogP contribution in [-0.4, -0.2) is 79.0 Å². The van der Waals surface area contributed by atoms with Crippen LogP contribution in [0, 0.1) is 11.8 Å². The molecule has 1 aromatic rings. The van der Waals surface area contributed by atoms with Gasteiger partial charge in [-0.05, 0) is 94.5 Å². The molecule has 33 heavy (non-hydrogen) atoms. The molecule has 4 heterocycles. The SMILES string of the molecule is CN1C[C@@H]2CCCN3CCC[C@@H]([C@H]23)[C@H]1CCCC(=O)NCCCN1CCc2ccccc2C1. The molecular formula is C28H44N4O. The van der Waals surface area contributed by atoms with Crippen molar-refractivity contribution in [1.29, 1.82) is 0 Å². The van der Waals surface area contributed by atoms with Crippen LogP contribution < -0.4 is 5.32 Å². The molecule has 0 unspecified atom stereocenters. The van der Waals surface area contributed by atoms with E-state index in [-0.39, 0.29) is 5.91 Å². The molecule has 4 atom stereocenters. The van der Waals surface area contributed by atoms with E-state index in [0.29, 0.717) is 12.5 Å². The number of hydrogen-bond acceptors (Lipinski definition) is 4. The first kappa shape index (κ1) is 23.3. The zero-order valence-corrected chi connectivity index (χ0v) is 20.7. The predicted molar refractivity (Wildman–Crippen MR) is 134 cm³/mol. The molecule has 3 saturated heterocycles. The Morgan fingerprint density at radius 3 is 2.76 bits per heavy atom. The van der Waals surface area contributed by atoms with E-state index in [0.717, 1.165) is 63.3 Å². The minimum Gasteiger partial charge on any atom is -0.356 e. The van der Waals surface area contributed by atoms with Gasteiger partial charge in [-0.3, -0.25) is 14.6 Å². The van der Waals surface area contributed by atoms with Crippen molar-refractivity contribution in [2.24, 2.45) is 11.8 Å². The Labute approximate surface area is 200 Å². The van der Waals surface area contributed by atoms with Gasteiger partial charge in [0.2, 0.25) is 5.91 Å². The van der Waals surface area contributed by atoms with Crippen LogP contribution in [0.5, 0.6) is 0 Å². The summed E-state index contributed by atoms with van der Waals surface area (Å²) in [5.74, 6) is 1.95. The van der Waals surface area contributed by atoms with E-state index in [2.05, 4.69) is 51.3 Å². The van der Waals surface area contributed by atoms with E-state index in [9.17, 15) is 4.79 Å². The summed E-state index contributed by atoms with van der Waals surface area (Å²) < 4.78 is 0. The fourth-order valence-corrected chi connectivity index (χ4v) is 7.48. The lowest BCUT2D eigenvalue weighted by Crippen LogP contribution is -2.63. The van der Waals surface area contributed by atoms with Gasteiger partial charge in [-0.15, -0.1) is 0 Å². The summed E-state index contributed by atoms with van der Waals surface area (Å²) in [4.78, 5) is 20.5. The van der Waals surface area contributed by atoms with Gasteiger partial charge in [-0.1, -0.05) is 24.3 Å². The average Bonchev–Trinajstić information content (AvgIpc) is 2.84. The van der Waals surface area contributed by atoms with E-state index >= 15 is 0 Å². The first-order valence-electron chi connectivity index (χ1n) is 13.7. The van der Waals surface area contributed by atoms with E-state index in [1.54, 1.807) is 0 Å². The maximum absolute atomic E-state index is 12.5. The normalized spacial score (nSPS) is 30.5. The van der Waals surface area contributed by atoms with E-state index in [1.807, 2.05) is 0 Å². The molecule has 182 valence electrons. The quantitative estimate of drug-likeness (QED) is 0.613. The highest BCUT2D eigenvalue weighted by Crippen LogP contribution is 2.42. The molecule has 3 fully saturated rings. The van der Waals surface area contributed by atoms with Gasteiger partial charge in [0.15, 0.2) is 0 Å². The Kier molecular flexibility index (Phi) is 7.69. The number of piperidine rings is 3. The third-order valence-electron chi connectivity index (χ3n) is 9.02. The molecule has 5 rings (SSSR count). The largest absolute Gasteiger partial charge is 0.356 e. The number of fused-ring (bicyclic) bond motifs is 1. The van der Waals surface area contributed by atoms with Crippen molar-refractivity contribution < 1.29 is 4.79 Å². The highest BCUT2D eigenvalue weighted by Gasteiger charge is 2.47. The Hall–Kier alpha value is -1.43. The number of carbonyl (C=O) groups excluding carboxylic acids is 1. The van der Waals surface area contributed by atoms with Gasteiger partial charge in [0.25, 0.3) is 0 Å². The smallest absolute Gasteiger partial charge is 0.219 e. The molecule has 0 saturated carbocycles. The minimum atomic E-state index is 0.248. The van der Waals surface area contributed by atoms with Crippen molar-refractivity contribution in [3.05, 3.63) is 35.4 Å². The molecule has 0 spiro atoms. The summed E-state index contributed by atoms with van der Waals surface area (Å²) in [5.41, 5.74) is 2.98. The Morgan fingerprint density at radius 1 is 1.06 bits per heavy atom. The predicted octanol–water partition coefficient (Wildman–Crippen LogP) is 3.53. The topological polar surface area (TPSA) is 38.8 Å². The van der Waals surface area contributed by atoms with Crippen LogP contribution in [0.4, 0.5) is 0 Å². The Morgan fingerprint density at radius 2 is 1.88 bits per heavy atom. The first-order valence-corrected chi connectivity index (χ1v) is 13.7. The van der Waals surface area contributed by atoms with E-state index < -0.39 is 0 Å². The van der Waals surface area contributed by atoms with E-state index in [1.165, 1.54) is 62.9 Å². The lowest BCUT2D eigenvalue weighted by atomic mass is 9.69. The first-order chi connectivity index (χ1) is 16.2. The summed E-state index contributed by atoms with van der Waals surface area (Å²) in [5, 5.41) is 3.19. The third-order valence-corrected chi connectivity index (χ3v) is 9.02. The summed E-state index contributed by atoms with van der Waals surface area (Å²) in [6, 6.07) is 10.3. The summed E-state index contributed by atoms with van der Waals surface area (Å²) in [7, 11) is 2.34. The number of hydrogen-bond donors (Lipinski definition) is 1. The molecule has 4 aliphatic heterocycles. The van der Waals surface area contributed by atoms with Gasteiger partial charge in [0.1, 0.15) is 0 Å². The molecular weight excluding hydrogens is 408 g/mol. The molecule has 0 aromatic heterocycles. The lowest BCUT2D eigenvalue weighted by molar-refractivity contribution is -0.121. The standard InChI is InChI=1S/C28H44N4O/c1-30-20-24-10-5-17-32-18-6-11-25(28(24)32)26(30)12-4-13-27(33)29-15-7-16-31-19-14-22-8-2-3-9-23(22)21-31/h2-3,8-9,24-26,28H,4-7,10-21H2,1H3,(H,29,33)/t24-,25+,26+,28-/m0/s1. The van der Waals surface area contributed by atoms with Crippen molar-refractivity contribution in [3.8, 4) is 0 Å². The highest BCUT2D eigenvalue weighted by atomic mass is 16.1. The van der Waals surface area contributed by atoms with Crippen molar-refractivity contribution in [1.82, 2.24) is 20.0 Å². The third kappa shape index (κ3) is 5.47. The van der Waals surface area contributed by atoms with Gasteiger partial charge < -0.3 is 10.2 Å². The molecule has 5 heteroatoms. The molecule has 0 radical (unpaired) electrons. The van der Waals surface area contributed by atoms with Gasteiger partial charge in [0, 0.05) is 51.2 Å². The monoisotopic (exact) mass is 452 g/mol. The lowest BCUT2D eigenvalue weighted by Gasteiger charge is -2.57. The summed E-state index contributed by atoms with van der Waals surface area (Å²) in [6.07, 6.45) is 10.6. The molecule has 5 nitrogen and oxygen atoms in total. The van der Waals surface area contributed by atoms with Crippen molar-refractivity contribution in [2.45, 2.75) is 76.4 Å². The van der Waals surface area contributed by atoms with Gasteiger partial charge in [0.05, 0.1) is 0 Å². The van der Waals surface area contributed by atoms with E-state index in [4.69, 9.17) is 0 Å². The maximum Gasteiger partial charge on any atom is 0.219 e. The number of benzene rings is 1. The number of nitrogens with one attached hydrogen (secondary N) is 1. The molecule has 4 aliphatic rings. The number of rotatable bonds is 8. The fraction of sp³-hybridized carbons (Fsp3) is 0.750. The fourth-order valence-electron chi connectivity index (χ4n) is 7.48. The average molecular weight is 453 g/mol. The number of nitrogens with zero attached hydrogens (tertiary/aromatic N) is 3. The molecule has 1 aromatic carbocycles. The second-order valence-electron chi connectivity index (χ2n) is 11.1. The van der Waals surface area contributed by atoms with Crippen LogP contribution in [0.15, 0.2) is 24.3 Å². The zero-order chi connectivity index (χ0) is 22.6. The number of carbonyl (C=O) groups is 1. The highest BCUT2D eigenvalue weighted by molar-refractivity contribution is 5.75. The van der Waals surface area contributed by atoms with Gasteiger partial charge in [-0.25, -0.2) is 0 Å². The van der Waals surface area contributed by atoms with Gasteiger partial charge >= 0.3 is 0 Å². The number of likely N-dealkylation sites (tertiary alicyclic amines) is 1. The summed E-state index contributed by atoms with van der Waals surface area (Å²) >= 11 is 0. The number of amides is 1. The van der Waals surface area contributed by atoms with Crippen LogP contribution in [0.2, 0.25) is 0 Å².